The van der Waals surface area contributed by atoms with Gasteiger partial charge in [-0.15, -0.1) is 0 Å². The van der Waals surface area contributed by atoms with Gasteiger partial charge in [0.05, 0.1) is 23.7 Å². The maximum atomic E-state index is 5.86. The van der Waals surface area contributed by atoms with Gasteiger partial charge in [-0.1, -0.05) is 23.8 Å². The van der Waals surface area contributed by atoms with Crippen LogP contribution in [-0.4, -0.2) is 38.9 Å². The lowest BCUT2D eigenvalue weighted by Crippen LogP contribution is -2.31. The van der Waals surface area contributed by atoms with E-state index in [0.29, 0.717) is 6.10 Å². The highest BCUT2D eigenvalue weighted by molar-refractivity contribution is 5.34. The first kappa shape index (κ1) is 17.9. The van der Waals surface area contributed by atoms with Gasteiger partial charge < -0.3 is 4.74 Å². The van der Waals surface area contributed by atoms with Gasteiger partial charge in [-0.2, -0.15) is 5.10 Å². The van der Waals surface area contributed by atoms with Crippen molar-refractivity contribution in [3.8, 4) is 5.69 Å². The zero-order valence-electron chi connectivity index (χ0n) is 15.8. The summed E-state index contributed by atoms with van der Waals surface area (Å²) in [6, 6.07) is 14.5. The second kappa shape index (κ2) is 8.46. The van der Waals surface area contributed by atoms with Crippen LogP contribution in [-0.2, 0) is 17.8 Å². The minimum Gasteiger partial charge on any atom is -0.377 e. The molecule has 3 heterocycles. The topological polar surface area (TPSA) is 43.2 Å². The van der Waals surface area contributed by atoms with Crippen LogP contribution in [0.15, 0.2) is 61.1 Å². The molecule has 1 aliphatic rings. The zero-order valence-corrected chi connectivity index (χ0v) is 15.8. The number of aryl methyl sites for hydroxylation is 1. The maximum Gasteiger partial charge on any atom is 0.0703 e. The van der Waals surface area contributed by atoms with Crippen LogP contribution in [0, 0.1) is 6.92 Å². The minimum absolute atomic E-state index is 0.320. The molecule has 1 aliphatic heterocycles. The molecule has 2 aromatic heterocycles. The van der Waals surface area contributed by atoms with Crippen molar-refractivity contribution in [1.82, 2.24) is 19.7 Å². The molecule has 0 bridgehead atoms. The standard InChI is InChI=1S/C22H26N4O/c1-18-7-9-21(10-8-18)26-15-19(13-24-26)14-25(17-22-6-4-12-27-22)16-20-5-2-3-11-23-20/h2-3,5,7-11,13,15,22H,4,6,12,14,16-17H2,1H3. The Morgan fingerprint density at radius 1 is 1.15 bits per heavy atom. The van der Waals surface area contributed by atoms with E-state index in [2.05, 4.69) is 58.4 Å². The summed E-state index contributed by atoms with van der Waals surface area (Å²) in [5.41, 5.74) is 4.62. The van der Waals surface area contributed by atoms with Gasteiger partial charge in [-0.05, 0) is 44.0 Å². The molecule has 5 nitrogen and oxygen atoms in total. The fourth-order valence-electron chi connectivity index (χ4n) is 3.52. The van der Waals surface area contributed by atoms with Crippen LogP contribution in [0.25, 0.3) is 5.69 Å². The van der Waals surface area contributed by atoms with Crippen molar-refractivity contribution >= 4 is 0 Å². The van der Waals surface area contributed by atoms with Crippen molar-refractivity contribution in [2.45, 2.75) is 39.0 Å². The number of hydrogen-bond acceptors (Lipinski definition) is 4. The summed E-state index contributed by atoms with van der Waals surface area (Å²) in [5, 5.41) is 4.55. The average molecular weight is 362 g/mol. The van der Waals surface area contributed by atoms with Crippen molar-refractivity contribution in [3.05, 3.63) is 77.9 Å². The largest absolute Gasteiger partial charge is 0.377 e. The van der Waals surface area contributed by atoms with Crippen molar-refractivity contribution in [1.29, 1.82) is 0 Å². The summed E-state index contributed by atoms with van der Waals surface area (Å²) in [6.45, 7) is 5.55. The summed E-state index contributed by atoms with van der Waals surface area (Å²) in [5.74, 6) is 0. The Balaban J connectivity index is 1.47. The predicted molar refractivity (Wildman–Crippen MR) is 106 cm³/mol. The van der Waals surface area contributed by atoms with E-state index >= 15 is 0 Å². The number of pyridine rings is 1. The summed E-state index contributed by atoms with van der Waals surface area (Å²) in [7, 11) is 0. The van der Waals surface area contributed by atoms with E-state index in [0.717, 1.165) is 50.5 Å². The molecule has 0 aliphatic carbocycles. The molecule has 1 atom stereocenters. The molecule has 1 saturated heterocycles. The molecular weight excluding hydrogens is 336 g/mol. The van der Waals surface area contributed by atoms with Crippen LogP contribution in [0.3, 0.4) is 0 Å². The molecule has 140 valence electrons. The van der Waals surface area contributed by atoms with Gasteiger partial charge in [0.25, 0.3) is 0 Å². The second-order valence-electron chi connectivity index (χ2n) is 7.25. The molecule has 1 aromatic carbocycles. The summed E-state index contributed by atoms with van der Waals surface area (Å²) < 4.78 is 7.81. The van der Waals surface area contributed by atoms with E-state index in [1.165, 1.54) is 11.1 Å². The Bertz CT molecular complexity index is 838. The van der Waals surface area contributed by atoms with Crippen molar-refractivity contribution in [2.75, 3.05) is 13.2 Å². The highest BCUT2D eigenvalue weighted by atomic mass is 16.5. The number of benzene rings is 1. The first-order chi connectivity index (χ1) is 13.3. The Kier molecular flexibility index (Phi) is 5.61. The first-order valence-corrected chi connectivity index (χ1v) is 9.61. The Labute approximate surface area is 160 Å². The van der Waals surface area contributed by atoms with E-state index in [4.69, 9.17) is 4.74 Å². The molecule has 4 rings (SSSR count). The molecule has 0 saturated carbocycles. The summed E-state index contributed by atoms with van der Waals surface area (Å²) in [6.07, 6.45) is 8.55. The molecule has 0 radical (unpaired) electrons. The highest BCUT2D eigenvalue weighted by Crippen LogP contribution is 2.17. The monoisotopic (exact) mass is 362 g/mol. The molecule has 0 amide bonds. The molecule has 1 unspecified atom stereocenters. The van der Waals surface area contributed by atoms with Crippen LogP contribution < -0.4 is 0 Å². The smallest absolute Gasteiger partial charge is 0.0703 e. The number of rotatable bonds is 7. The summed E-state index contributed by atoms with van der Waals surface area (Å²) in [4.78, 5) is 6.90. The Hall–Kier alpha value is -2.50. The molecule has 27 heavy (non-hydrogen) atoms. The second-order valence-corrected chi connectivity index (χ2v) is 7.25. The third-order valence-electron chi connectivity index (χ3n) is 4.94. The number of ether oxygens (including phenoxy) is 1. The molecular formula is C22H26N4O. The van der Waals surface area contributed by atoms with Gasteiger partial charge in [0.2, 0.25) is 0 Å². The normalized spacial score (nSPS) is 16.9. The van der Waals surface area contributed by atoms with E-state index in [-0.39, 0.29) is 0 Å². The number of hydrogen-bond donors (Lipinski definition) is 0. The third-order valence-corrected chi connectivity index (χ3v) is 4.94. The van der Waals surface area contributed by atoms with Gasteiger partial charge in [-0.25, -0.2) is 4.68 Å². The zero-order chi connectivity index (χ0) is 18.5. The van der Waals surface area contributed by atoms with Crippen LogP contribution in [0.2, 0.25) is 0 Å². The summed E-state index contributed by atoms with van der Waals surface area (Å²) >= 11 is 0. The van der Waals surface area contributed by atoms with Crippen LogP contribution >= 0.6 is 0 Å². The fraction of sp³-hybridized carbons (Fsp3) is 0.364. The van der Waals surface area contributed by atoms with Gasteiger partial charge in [0, 0.05) is 44.2 Å². The van der Waals surface area contributed by atoms with E-state index in [1.807, 2.05) is 29.2 Å². The molecule has 1 fully saturated rings. The molecule has 3 aromatic rings. The van der Waals surface area contributed by atoms with E-state index < -0.39 is 0 Å². The molecule has 0 N–H and O–H groups in total. The Morgan fingerprint density at radius 2 is 2.04 bits per heavy atom. The van der Waals surface area contributed by atoms with E-state index in [1.54, 1.807) is 0 Å². The van der Waals surface area contributed by atoms with Gasteiger partial charge in [0.1, 0.15) is 0 Å². The van der Waals surface area contributed by atoms with Gasteiger partial charge in [0.15, 0.2) is 0 Å². The Morgan fingerprint density at radius 3 is 2.78 bits per heavy atom. The average Bonchev–Trinajstić information content (AvgIpc) is 3.35. The SMILES string of the molecule is Cc1ccc(-n2cc(CN(Cc3ccccn3)CC3CCCO3)cn2)cc1. The van der Waals surface area contributed by atoms with Crippen LogP contribution in [0.5, 0.6) is 0 Å². The minimum atomic E-state index is 0.320. The molecule has 0 spiro atoms. The number of nitrogens with zero attached hydrogens (tertiary/aromatic N) is 4. The predicted octanol–water partition coefficient (Wildman–Crippen LogP) is 3.76. The van der Waals surface area contributed by atoms with Crippen molar-refractivity contribution < 1.29 is 4.74 Å². The van der Waals surface area contributed by atoms with Crippen LogP contribution in [0.1, 0.15) is 29.7 Å². The maximum absolute atomic E-state index is 5.86. The number of aromatic nitrogens is 3. The van der Waals surface area contributed by atoms with Crippen molar-refractivity contribution in [3.63, 3.8) is 0 Å². The quantitative estimate of drug-likeness (QED) is 0.642. The van der Waals surface area contributed by atoms with Crippen LogP contribution in [0.4, 0.5) is 0 Å². The lowest BCUT2D eigenvalue weighted by atomic mass is 10.2. The fourth-order valence-corrected chi connectivity index (χ4v) is 3.52. The van der Waals surface area contributed by atoms with Gasteiger partial charge in [-0.3, -0.25) is 9.88 Å². The van der Waals surface area contributed by atoms with E-state index in [9.17, 15) is 0 Å². The highest BCUT2D eigenvalue weighted by Gasteiger charge is 2.20. The third kappa shape index (κ3) is 4.81. The van der Waals surface area contributed by atoms with Crippen molar-refractivity contribution in [2.24, 2.45) is 0 Å². The molecule has 5 heteroatoms. The lowest BCUT2D eigenvalue weighted by molar-refractivity contribution is 0.0675. The lowest BCUT2D eigenvalue weighted by Gasteiger charge is -2.24. The first-order valence-electron chi connectivity index (χ1n) is 9.61. The van der Waals surface area contributed by atoms with Gasteiger partial charge >= 0.3 is 0 Å².